The van der Waals surface area contributed by atoms with Crippen molar-refractivity contribution >= 4 is 17.4 Å². The summed E-state index contributed by atoms with van der Waals surface area (Å²) in [4.78, 5) is 15.4. The Morgan fingerprint density at radius 3 is 2.11 bits per heavy atom. The van der Waals surface area contributed by atoms with E-state index in [9.17, 15) is 26.7 Å². The number of nitrogens with one attached hydrogen (secondary N) is 1. The van der Waals surface area contributed by atoms with E-state index in [4.69, 9.17) is 0 Å². The molecule has 27 heavy (non-hydrogen) atoms. The molecular formula is C18H16F5N3O. The summed E-state index contributed by atoms with van der Waals surface area (Å²) in [6.45, 7) is 1.29. The van der Waals surface area contributed by atoms with Crippen molar-refractivity contribution in [2.45, 2.75) is 6.18 Å². The summed E-state index contributed by atoms with van der Waals surface area (Å²) < 4.78 is 64.5. The molecule has 0 unspecified atom stereocenters. The third-order valence-electron chi connectivity index (χ3n) is 4.28. The van der Waals surface area contributed by atoms with E-state index < -0.39 is 29.4 Å². The van der Waals surface area contributed by atoms with Gasteiger partial charge in [-0.15, -0.1) is 0 Å². The highest BCUT2D eigenvalue weighted by atomic mass is 19.4. The van der Waals surface area contributed by atoms with Gasteiger partial charge in [0.2, 0.25) is 0 Å². The summed E-state index contributed by atoms with van der Waals surface area (Å²) in [6, 6.07) is 7.03. The molecular weight excluding hydrogens is 369 g/mol. The van der Waals surface area contributed by atoms with Crippen LogP contribution in [0.2, 0.25) is 0 Å². The summed E-state index contributed by atoms with van der Waals surface area (Å²) in [5, 5.41) is 2.54. The predicted octanol–water partition coefficient (Wildman–Crippen LogP) is 4.34. The molecule has 2 aromatic carbocycles. The highest BCUT2D eigenvalue weighted by molar-refractivity contribution is 5.89. The van der Waals surface area contributed by atoms with Gasteiger partial charge < -0.3 is 15.1 Å². The van der Waals surface area contributed by atoms with Crippen LogP contribution < -0.4 is 10.2 Å². The van der Waals surface area contributed by atoms with Crippen LogP contribution in [0.4, 0.5) is 38.1 Å². The van der Waals surface area contributed by atoms with Crippen LogP contribution in [0.15, 0.2) is 42.5 Å². The van der Waals surface area contributed by atoms with Gasteiger partial charge in [0.1, 0.15) is 11.6 Å². The molecule has 0 spiro atoms. The summed E-state index contributed by atoms with van der Waals surface area (Å²) in [5.41, 5.74) is -0.283. The fourth-order valence-electron chi connectivity index (χ4n) is 2.83. The zero-order valence-corrected chi connectivity index (χ0v) is 14.1. The van der Waals surface area contributed by atoms with Gasteiger partial charge in [-0.1, -0.05) is 0 Å². The van der Waals surface area contributed by atoms with Crippen molar-refractivity contribution < 1.29 is 26.7 Å². The van der Waals surface area contributed by atoms with E-state index in [1.54, 1.807) is 4.90 Å². The first-order valence-corrected chi connectivity index (χ1v) is 8.17. The van der Waals surface area contributed by atoms with E-state index in [-0.39, 0.29) is 11.4 Å². The van der Waals surface area contributed by atoms with E-state index >= 15 is 0 Å². The minimum atomic E-state index is -4.44. The van der Waals surface area contributed by atoms with Crippen molar-refractivity contribution in [3.63, 3.8) is 0 Å². The Labute approximate surface area is 152 Å². The predicted molar refractivity (Wildman–Crippen MR) is 90.6 cm³/mol. The van der Waals surface area contributed by atoms with Crippen LogP contribution >= 0.6 is 0 Å². The van der Waals surface area contributed by atoms with E-state index in [1.807, 2.05) is 0 Å². The quantitative estimate of drug-likeness (QED) is 0.781. The van der Waals surface area contributed by atoms with Gasteiger partial charge in [-0.3, -0.25) is 0 Å². The van der Waals surface area contributed by atoms with Crippen LogP contribution in [0.5, 0.6) is 0 Å². The Kier molecular flexibility index (Phi) is 5.20. The number of carbonyl (C=O) groups is 1. The van der Waals surface area contributed by atoms with Gasteiger partial charge in [-0.05, 0) is 36.4 Å². The van der Waals surface area contributed by atoms with Crippen LogP contribution in [0.3, 0.4) is 0 Å². The summed E-state index contributed by atoms with van der Waals surface area (Å²) in [5.74, 6) is -1.33. The number of benzene rings is 2. The maximum absolute atomic E-state index is 13.8. The molecule has 0 bridgehead atoms. The Balaban J connectivity index is 1.57. The number of alkyl halides is 3. The molecule has 1 saturated heterocycles. The molecule has 0 atom stereocenters. The van der Waals surface area contributed by atoms with Gasteiger partial charge in [0.15, 0.2) is 0 Å². The molecule has 1 fully saturated rings. The number of hydrogen-bond donors (Lipinski definition) is 1. The van der Waals surface area contributed by atoms with Crippen molar-refractivity contribution in [2.75, 3.05) is 36.4 Å². The molecule has 0 radical (unpaired) electrons. The Bertz CT molecular complexity index is 815. The third-order valence-corrected chi connectivity index (χ3v) is 4.28. The fourth-order valence-corrected chi connectivity index (χ4v) is 2.83. The number of carbonyl (C=O) groups excluding carboxylic acids is 1. The van der Waals surface area contributed by atoms with Crippen molar-refractivity contribution in [2.24, 2.45) is 0 Å². The minimum absolute atomic E-state index is 0.250. The lowest BCUT2D eigenvalue weighted by Crippen LogP contribution is -2.50. The summed E-state index contributed by atoms with van der Waals surface area (Å²) in [6.07, 6.45) is -4.44. The highest BCUT2D eigenvalue weighted by Gasteiger charge is 2.30. The Morgan fingerprint density at radius 2 is 1.56 bits per heavy atom. The maximum Gasteiger partial charge on any atom is 0.416 e. The average molecular weight is 385 g/mol. The minimum Gasteiger partial charge on any atom is -0.366 e. The van der Waals surface area contributed by atoms with Crippen LogP contribution in [-0.2, 0) is 6.18 Å². The molecule has 1 aliphatic heterocycles. The van der Waals surface area contributed by atoms with Gasteiger partial charge in [-0.2, -0.15) is 13.2 Å². The van der Waals surface area contributed by atoms with E-state index in [1.165, 1.54) is 29.2 Å². The van der Waals surface area contributed by atoms with Crippen molar-refractivity contribution in [3.05, 3.63) is 59.7 Å². The van der Waals surface area contributed by atoms with Crippen molar-refractivity contribution in [1.29, 1.82) is 0 Å². The molecule has 0 aliphatic carbocycles. The lowest BCUT2D eigenvalue weighted by Gasteiger charge is -2.36. The number of hydrogen-bond acceptors (Lipinski definition) is 2. The number of amides is 2. The van der Waals surface area contributed by atoms with Crippen LogP contribution in [0, 0.1) is 11.6 Å². The molecule has 144 valence electrons. The van der Waals surface area contributed by atoms with Gasteiger partial charge in [0, 0.05) is 37.9 Å². The van der Waals surface area contributed by atoms with E-state index in [0.29, 0.717) is 26.2 Å². The maximum atomic E-state index is 13.8. The average Bonchev–Trinajstić information content (AvgIpc) is 2.61. The summed E-state index contributed by atoms with van der Waals surface area (Å²) in [7, 11) is 0. The Hall–Kier alpha value is -2.84. The lowest BCUT2D eigenvalue weighted by molar-refractivity contribution is -0.137. The number of piperazine rings is 1. The fraction of sp³-hybridized carbons (Fsp3) is 0.278. The third kappa shape index (κ3) is 4.47. The van der Waals surface area contributed by atoms with Crippen molar-refractivity contribution in [1.82, 2.24) is 4.90 Å². The molecule has 1 N–H and O–H groups in total. The summed E-state index contributed by atoms with van der Waals surface area (Å²) >= 11 is 0. The molecule has 3 rings (SSSR count). The molecule has 1 heterocycles. The normalized spacial score (nSPS) is 15.0. The lowest BCUT2D eigenvalue weighted by atomic mass is 10.2. The van der Waals surface area contributed by atoms with Crippen molar-refractivity contribution in [3.8, 4) is 0 Å². The second-order valence-corrected chi connectivity index (χ2v) is 6.08. The number of nitrogens with zero attached hydrogens (tertiary/aromatic N) is 2. The Morgan fingerprint density at radius 1 is 0.926 bits per heavy atom. The number of anilines is 2. The number of urea groups is 1. The van der Waals surface area contributed by atoms with Crippen LogP contribution in [0.25, 0.3) is 0 Å². The monoisotopic (exact) mass is 385 g/mol. The second-order valence-electron chi connectivity index (χ2n) is 6.08. The van der Waals surface area contributed by atoms with Gasteiger partial charge in [0.05, 0.1) is 11.3 Å². The second kappa shape index (κ2) is 7.42. The smallest absolute Gasteiger partial charge is 0.366 e. The molecule has 2 aromatic rings. The first-order valence-electron chi connectivity index (χ1n) is 8.17. The topological polar surface area (TPSA) is 35.6 Å². The first-order chi connectivity index (χ1) is 12.7. The molecule has 2 amide bonds. The molecule has 4 nitrogen and oxygen atoms in total. The standard InChI is InChI=1S/C18H16F5N3O/c19-13-3-6-16(15(20)11-13)25-7-9-26(10-8-25)17(27)24-14-4-1-12(2-5-14)18(21,22)23/h1-6,11H,7-10H2,(H,24,27). The number of halogens is 5. The SMILES string of the molecule is O=C(Nc1ccc(C(F)(F)F)cc1)N1CCN(c2ccc(F)cc2F)CC1. The largest absolute Gasteiger partial charge is 0.416 e. The molecule has 9 heteroatoms. The zero-order valence-electron chi connectivity index (χ0n) is 14.1. The zero-order chi connectivity index (χ0) is 19.6. The van der Waals surface area contributed by atoms with Gasteiger partial charge in [0.25, 0.3) is 0 Å². The van der Waals surface area contributed by atoms with Gasteiger partial charge in [-0.25, -0.2) is 13.6 Å². The molecule has 0 saturated carbocycles. The highest BCUT2D eigenvalue weighted by Crippen LogP contribution is 2.30. The van der Waals surface area contributed by atoms with Crippen LogP contribution in [0.1, 0.15) is 5.56 Å². The van der Waals surface area contributed by atoms with Gasteiger partial charge >= 0.3 is 12.2 Å². The molecule has 0 aromatic heterocycles. The van der Waals surface area contributed by atoms with E-state index in [2.05, 4.69) is 5.32 Å². The number of rotatable bonds is 2. The van der Waals surface area contributed by atoms with Crippen LogP contribution in [-0.4, -0.2) is 37.1 Å². The molecule has 1 aliphatic rings. The van der Waals surface area contributed by atoms with E-state index in [0.717, 1.165) is 18.2 Å². The first kappa shape index (κ1) is 18.9.